The predicted octanol–water partition coefficient (Wildman–Crippen LogP) is 12.2. The van der Waals surface area contributed by atoms with Crippen LogP contribution in [0.1, 0.15) is 251 Å². The van der Waals surface area contributed by atoms with E-state index in [1.54, 1.807) is 0 Å². The SMILES string of the molecule is CCCCC/C=C\C/C=C\CCCCCCCCCCCC(=O)NC(COC1OC(CO)C(O)C(O)C1O)C(O)CCCCCCCCCCCCCCCCCCCCCC. The molecule has 0 spiro atoms. The number of aliphatic hydroxyl groups excluding tert-OH is 5. The molecule has 0 aromatic carbocycles. The Hall–Kier alpha value is -1.33. The van der Waals surface area contributed by atoms with E-state index in [1.807, 2.05) is 0 Å². The monoisotopic (exact) mass is 880 g/mol. The minimum atomic E-state index is -1.55. The van der Waals surface area contributed by atoms with Crippen LogP contribution < -0.4 is 5.32 Å². The zero-order valence-corrected chi connectivity index (χ0v) is 40.4. The average Bonchev–Trinajstić information content (AvgIpc) is 3.27. The lowest BCUT2D eigenvalue weighted by molar-refractivity contribution is -0.302. The largest absolute Gasteiger partial charge is 0.394 e. The van der Waals surface area contributed by atoms with Crippen molar-refractivity contribution in [3.8, 4) is 0 Å². The van der Waals surface area contributed by atoms with Gasteiger partial charge in [-0.05, 0) is 44.9 Å². The van der Waals surface area contributed by atoms with Crippen molar-refractivity contribution >= 4 is 5.91 Å². The maximum absolute atomic E-state index is 13.0. The highest BCUT2D eigenvalue weighted by atomic mass is 16.7. The van der Waals surface area contributed by atoms with Gasteiger partial charge < -0.3 is 40.3 Å². The van der Waals surface area contributed by atoms with E-state index < -0.39 is 49.5 Å². The lowest BCUT2D eigenvalue weighted by Gasteiger charge is -2.40. The number of amides is 1. The molecule has 1 rings (SSSR count). The molecule has 0 aliphatic carbocycles. The molecule has 1 aliphatic rings. The lowest BCUT2D eigenvalue weighted by Crippen LogP contribution is -2.60. The zero-order valence-electron chi connectivity index (χ0n) is 40.4. The van der Waals surface area contributed by atoms with Gasteiger partial charge in [0.1, 0.15) is 24.4 Å². The van der Waals surface area contributed by atoms with E-state index in [9.17, 15) is 30.3 Å². The first-order valence-corrected chi connectivity index (χ1v) is 26.5. The number of allylic oxidation sites excluding steroid dienone is 4. The fourth-order valence-electron chi connectivity index (χ4n) is 8.55. The Morgan fingerprint density at radius 2 is 0.952 bits per heavy atom. The van der Waals surface area contributed by atoms with Gasteiger partial charge in [0.2, 0.25) is 5.91 Å². The molecule has 0 aromatic heterocycles. The van der Waals surface area contributed by atoms with Crippen LogP contribution in [0.15, 0.2) is 24.3 Å². The maximum atomic E-state index is 13.0. The molecule has 9 nitrogen and oxygen atoms in total. The molecule has 1 amide bonds. The first kappa shape index (κ1) is 58.7. The summed E-state index contributed by atoms with van der Waals surface area (Å²) >= 11 is 0. The first-order valence-electron chi connectivity index (χ1n) is 26.5. The number of carbonyl (C=O) groups excluding carboxylic acids is 1. The highest BCUT2D eigenvalue weighted by Crippen LogP contribution is 2.23. The molecule has 0 radical (unpaired) electrons. The third-order valence-corrected chi connectivity index (χ3v) is 12.8. The van der Waals surface area contributed by atoms with Crippen molar-refractivity contribution < 1.29 is 39.8 Å². The quantitative estimate of drug-likeness (QED) is 0.0262. The Bertz CT molecular complexity index is 1020. The summed E-state index contributed by atoms with van der Waals surface area (Å²) < 4.78 is 11.3. The Morgan fingerprint density at radius 3 is 1.42 bits per heavy atom. The van der Waals surface area contributed by atoms with Crippen molar-refractivity contribution in [1.29, 1.82) is 0 Å². The van der Waals surface area contributed by atoms with Crippen LogP contribution in [0.25, 0.3) is 0 Å². The number of aliphatic hydroxyl groups is 5. The van der Waals surface area contributed by atoms with Gasteiger partial charge in [-0.3, -0.25) is 4.79 Å². The summed E-state index contributed by atoms with van der Waals surface area (Å²) in [5.41, 5.74) is 0. The van der Waals surface area contributed by atoms with Crippen LogP contribution in [0.4, 0.5) is 0 Å². The van der Waals surface area contributed by atoms with Gasteiger partial charge in [0.15, 0.2) is 6.29 Å². The number of rotatable bonds is 45. The molecular formula is C53H101NO8. The highest BCUT2D eigenvalue weighted by molar-refractivity contribution is 5.76. The van der Waals surface area contributed by atoms with Gasteiger partial charge >= 0.3 is 0 Å². The van der Waals surface area contributed by atoms with Crippen LogP contribution in [-0.2, 0) is 14.3 Å². The van der Waals surface area contributed by atoms with Crippen molar-refractivity contribution in [1.82, 2.24) is 5.32 Å². The van der Waals surface area contributed by atoms with Crippen molar-refractivity contribution in [3.63, 3.8) is 0 Å². The summed E-state index contributed by atoms with van der Waals surface area (Å²) in [6.45, 7) is 3.83. The molecule has 62 heavy (non-hydrogen) atoms. The average molecular weight is 880 g/mol. The molecule has 9 heteroatoms. The Morgan fingerprint density at radius 1 is 0.548 bits per heavy atom. The van der Waals surface area contributed by atoms with Crippen LogP contribution in [0, 0.1) is 0 Å². The van der Waals surface area contributed by atoms with Crippen molar-refractivity contribution in [2.75, 3.05) is 13.2 Å². The highest BCUT2D eigenvalue weighted by Gasteiger charge is 2.44. The van der Waals surface area contributed by atoms with Gasteiger partial charge in [0.05, 0.1) is 25.4 Å². The van der Waals surface area contributed by atoms with Gasteiger partial charge in [0, 0.05) is 6.42 Å². The molecule has 1 aliphatic heterocycles. The summed E-state index contributed by atoms with van der Waals surface area (Å²) in [5, 5.41) is 54.6. The molecule has 1 heterocycles. The van der Waals surface area contributed by atoms with Gasteiger partial charge in [-0.1, -0.05) is 224 Å². The first-order chi connectivity index (χ1) is 30.3. The maximum Gasteiger partial charge on any atom is 0.220 e. The minimum absolute atomic E-state index is 0.137. The molecule has 6 N–H and O–H groups in total. The molecule has 0 aromatic rings. The topological polar surface area (TPSA) is 149 Å². The normalized spacial score (nSPS) is 20.4. The smallest absolute Gasteiger partial charge is 0.220 e. The number of hydrogen-bond donors (Lipinski definition) is 6. The number of ether oxygens (including phenoxy) is 2. The number of hydrogen-bond acceptors (Lipinski definition) is 8. The standard InChI is InChI=1S/C53H101NO8/c1-3-5-7-9-11-13-15-17-19-21-23-25-26-28-30-32-34-36-38-40-42-47(56)46(45-61-53-52(60)51(59)50(58)48(44-55)62-53)54-49(57)43-41-39-37-35-33-31-29-27-24-22-20-18-16-14-12-10-8-6-4-2/h12,14,18,20,46-48,50-53,55-56,58-60H,3-11,13,15-17,19,21-45H2,1-2H3,(H,54,57)/b14-12-,20-18-. The third-order valence-electron chi connectivity index (χ3n) is 12.8. The number of nitrogens with one attached hydrogen (secondary N) is 1. The van der Waals surface area contributed by atoms with Gasteiger partial charge in [-0.2, -0.15) is 0 Å². The summed E-state index contributed by atoms with van der Waals surface area (Å²) in [6.07, 6.45) is 46.1. The number of unbranched alkanes of at least 4 members (excludes halogenated alkanes) is 31. The van der Waals surface area contributed by atoms with Gasteiger partial charge in [0.25, 0.3) is 0 Å². The Kier molecular flexibility index (Phi) is 41.2. The molecule has 366 valence electrons. The Labute approximate surface area is 381 Å². The third kappa shape index (κ3) is 33.2. The molecule has 1 saturated heterocycles. The fourth-order valence-corrected chi connectivity index (χ4v) is 8.55. The van der Waals surface area contributed by atoms with Gasteiger partial charge in [-0.25, -0.2) is 0 Å². The van der Waals surface area contributed by atoms with Crippen molar-refractivity contribution in [2.24, 2.45) is 0 Å². The molecule has 7 atom stereocenters. The summed E-state index contributed by atoms with van der Waals surface area (Å²) in [5.74, 6) is -0.146. The van der Waals surface area contributed by atoms with Crippen LogP contribution in [0.5, 0.6) is 0 Å². The van der Waals surface area contributed by atoms with Crippen LogP contribution in [-0.4, -0.2) is 87.5 Å². The van der Waals surface area contributed by atoms with E-state index in [1.165, 1.54) is 180 Å². The van der Waals surface area contributed by atoms with Crippen LogP contribution in [0.3, 0.4) is 0 Å². The molecule has 0 saturated carbocycles. The Balaban J connectivity index is 2.25. The summed E-state index contributed by atoms with van der Waals surface area (Å²) in [6, 6.07) is -0.720. The molecule has 1 fully saturated rings. The second-order valence-electron chi connectivity index (χ2n) is 18.7. The lowest BCUT2D eigenvalue weighted by atomic mass is 9.99. The van der Waals surface area contributed by atoms with E-state index in [0.717, 1.165) is 44.9 Å². The van der Waals surface area contributed by atoms with E-state index in [4.69, 9.17) is 9.47 Å². The van der Waals surface area contributed by atoms with Gasteiger partial charge in [-0.15, -0.1) is 0 Å². The van der Waals surface area contributed by atoms with Crippen molar-refractivity contribution in [2.45, 2.75) is 294 Å². The summed E-state index contributed by atoms with van der Waals surface area (Å²) in [7, 11) is 0. The van der Waals surface area contributed by atoms with Crippen LogP contribution in [0.2, 0.25) is 0 Å². The zero-order chi connectivity index (χ0) is 45.1. The molecule has 7 unspecified atom stereocenters. The van der Waals surface area contributed by atoms with Crippen LogP contribution >= 0.6 is 0 Å². The molecular weight excluding hydrogens is 779 g/mol. The number of carbonyl (C=O) groups is 1. The van der Waals surface area contributed by atoms with E-state index in [-0.39, 0.29) is 12.5 Å². The van der Waals surface area contributed by atoms with E-state index >= 15 is 0 Å². The second-order valence-corrected chi connectivity index (χ2v) is 18.7. The van der Waals surface area contributed by atoms with E-state index in [2.05, 4.69) is 43.5 Å². The minimum Gasteiger partial charge on any atom is -0.394 e. The second kappa shape index (κ2) is 43.6. The summed E-state index contributed by atoms with van der Waals surface area (Å²) in [4.78, 5) is 13.0. The van der Waals surface area contributed by atoms with E-state index in [0.29, 0.717) is 12.8 Å². The molecule has 0 bridgehead atoms. The fraction of sp³-hybridized carbons (Fsp3) is 0.906. The van der Waals surface area contributed by atoms with Crippen molar-refractivity contribution in [3.05, 3.63) is 24.3 Å². The predicted molar refractivity (Wildman–Crippen MR) is 258 cm³/mol.